The highest BCUT2D eigenvalue weighted by atomic mass is 14.9. The summed E-state index contributed by atoms with van der Waals surface area (Å²) in [5, 5.41) is 0. The van der Waals surface area contributed by atoms with Gasteiger partial charge in [0, 0.05) is 11.9 Å². The Hall–Kier alpha value is -0.830. The summed E-state index contributed by atoms with van der Waals surface area (Å²) >= 11 is 0. The van der Waals surface area contributed by atoms with Crippen molar-refractivity contribution >= 4 is 6.21 Å². The maximum Gasteiger partial charge on any atom is 0.0678 e. The van der Waals surface area contributed by atoms with Crippen molar-refractivity contribution in [2.45, 2.75) is 19.0 Å². The van der Waals surface area contributed by atoms with Crippen LogP contribution in [-0.2, 0) is 0 Å². The summed E-state index contributed by atoms with van der Waals surface area (Å²) in [6, 6.07) is 0.0463. The zero-order chi connectivity index (χ0) is 6.85. The van der Waals surface area contributed by atoms with Crippen molar-refractivity contribution in [1.29, 1.82) is 0 Å². The number of hydrogen-bond acceptors (Lipinski definition) is 3. The first-order valence-electron chi connectivity index (χ1n) is 2.96. The Kier molecular flexibility index (Phi) is 1.53. The average molecular weight is 125 g/mol. The van der Waals surface area contributed by atoms with Crippen LogP contribution in [0.1, 0.15) is 6.92 Å². The molecule has 0 spiro atoms. The SMILES string of the molecule is CC1N=CC=C(N)C1N. The molecule has 4 N–H and O–H groups in total. The summed E-state index contributed by atoms with van der Waals surface area (Å²) in [6.45, 7) is 1.95. The zero-order valence-electron chi connectivity index (χ0n) is 5.41. The molecule has 1 rings (SSSR count). The standard InChI is InChI=1S/C6H11N3/c1-4-6(8)5(7)2-3-9-4/h2-4,6H,7-8H2,1H3. The van der Waals surface area contributed by atoms with Crippen molar-refractivity contribution in [1.82, 2.24) is 0 Å². The fraction of sp³-hybridized carbons (Fsp3) is 0.500. The van der Waals surface area contributed by atoms with Gasteiger partial charge in [0.15, 0.2) is 0 Å². The molecule has 9 heavy (non-hydrogen) atoms. The number of rotatable bonds is 0. The van der Waals surface area contributed by atoms with E-state index in [1.165, 1.54) is 0 Å². The van der Waals surface area contributed by atoms with Gasteiger partial charge >= 0.3 is 0 Å². The molecule has 1 aliphatic rings. The van der Waals surface area contributed by atoms with Crippen LogP contribution in [0.15, 0.2) is 16.8 Å². The summed E-state index contributed by atoms with van der Waals surface area (Å²) in [7, 11) is 0. The minimum Gasteiger partial charge on any atom is -0.401 e. The molecule has 0 aromatic carbocycles. The molecular weight excluding hydrogens is 114 g/mol. The smallest absolute Gasteiger partial charge is 0.0678 e. The van der Waals surface area contributed by atoms with Gasteiger partial charge in [-0.1, -0.05) is 0 Å². The fourth-order valence-corrected chi connectivity index (χ4v) is 0.747. The monoisotopic (exact) mass is 125 g/mol. The van der Waals surface area contributed by atoms with Crippen LogP contribution in [0.4, 0.5) is 0 Å². The van der Waals surface area contributed by atoms with Crippen LogP contribution < -0.4 is 11.5 Å². The lowest BCUT2D eigenvalue weighted by atomic mass is 10.1. The second kappa shape index (κ2) is 2.19. The topological polar surface area (TPSA) is 64.4 Å². The summed E-state index contributed by atoms with van der Waals surface area (Å²) < 4.78 is 0. The number of nitrogens with two attached hydrogens (primary N) is 2. The molecule has 1 aliphatic heterocycles. The fourth-order valence-electron chi connectivity index (χ4n) is 0.747. The Morgan fingerprint density at radius 1 is 1.67 bits per heavy atom. The third-order valence-corrected chi connectivity index (χ3v) is 1.49. The number of nitrogens with zero attached hydrogens (tertiary/aromatic N) is 1. The minimum absolute atomic E-state index is 0.0880. The van der Waals surface area contributed by atoms with Crippen molar-refractivity contribution in [2.24, 2.45) is 16.5 Å². The predicted octanol–water partition coefficient (Wildman–Crippen LogP) is -0.371. The van der Waals surface area contributed by atoms with E-state index < -0.39 is 0 Å². The van der Waals surface area contributed by atoms with Crippen molar-refractivity contribution in [3.8, 4) is 0 Å². The molecule has 0 amide bonds. The zero-order valence-corrected chi connectivity index (χ0v) is 5.41. The second-order valence-electron chi connectivity index (χ2n) is 2.23. The Labute approximate surface area is 54.4 Å². The molecule has 3 heteroatoms. The van der Waals surface area contributed by atoms with E-state index in [2.05, 4.69) is 4.99 Å². The van der Waals surface area contributed by atoms with Gasteiger partial charge in [0.1, 0.15) is 0 Å². The molecule has 1 heterocycles. The van der Waals surface area contributed by atoms with E-state index in [9.17, 15) is 0 Å². The molecule has 0 bridgehead atoms. The van der Waals surface area contributed by atoms with Gasteiger partial charge in [0.25, 0.3) is 0 Å². The molecule has 0 aromatic heterocycles. The highest BCUT2D eigenvalue weighted by molar-refractivity contribution is 5.73. The first kappa shape index (κ1) is 6.29. The average Bonchev–Trinajstić information content (AvgIpc) is 1.83. The summed E-state index contributed by atoms with van der Waals surface area (Å²) in [6.07, 6.45) is 3.44. The largest absolute Gasteiger partial charge is 0.401 e. The molecule has 0 radical (unpaired) electrons. The molecule has 2 unspecified atom stereocenters. The van der Waals surface area contributed by atoms with Gasteiger partial charge in [-0.25, -0.2) is 0 Å². The van der Waals surface area contributed by atoms with Crippen LogP contribution >= 0.6 is 0 Å². The molecule has 2 atom stereocenters. The van der Waals surface area contributed by atoms with Gasteiger partial charge in [-0.3, -0.25) is 4.99 Å². The Bertz CT molecular complexity index is 160. The molecule has 0 saturated carbocycles. The first-order valence-corrected chi connectivity index (χ1v) is 2.96. The quantitative estimate of drug-likeness (QED) is 0.464. The van der Waals surface area contributed by atoms with Gasteiger partial charge in [-0.15, -0.1) is 0 Å². The van der Waals surface area contributed by atoms with E-state index in [1.807, 2.05) is 6.92 Å². The Morgan fingerprint density at radius 3 is 2.78 bits per heavy atom. The number of aliphatic imine (C=N–C) groups is 1. The Balaban J connectivity index is 2.73. The van der Waals surface area contributed by atoms with E-state index in [4.69, 9.17) is 11.5 Å². The highest BCUT2D eigenvalue weighted by Crippen LogP contribution is 2.04. The van der Waals surface area contributed by atoms with E-state index in [1.54, 1.807) is 12.3 Å². The van der Waals surface area contributed by atoms with Crippen molar-refractivity contribution in [2.75, 3.05) is 0 Å². The summed E-state index contributed by atoms with van der Waals surface area (Å²) in [5.74, 6) is 0. The highest BCUT2D eigenvalue weighted by Gasteiger charge is 2.14. The molecule has 3 nitrogen and oxygen atoms in total. The minimum atomic E-state index is -0.0880. The molecule has 50 valence electrons. The van der Waals surface area contributed by atoms with Gasteiger partial charge < -0.3 is 11.5 Å². The van der Waals surface area contributed by atoms with Gasteiger partial charge in [-0.2, -0.15) is 0 Å². The lowest BCUT2D eigenvalue weighted by molar-refractivity contribution is 0.617. The molecular formula is C6H11N3. The summed E-state index contributed by atoms with van der Waals surface area (Å²) in [4.78, 5) is 4.05. The van der Waals surface area contributed by atoms with Crippen LogP contribution in [0.3, 0.4) is 0 Å². The predicted molar refractivity (Wildman–Crippen MR) is 38.2 cm³/mol. The van der Waals surface area contributed by atoms with Crippen LogP contribution in [0.5, 0.6) is 0 Å². The lowest BCUT2D eigenvalue weighted by Gasteiger charge is -2.18. The van der Waals surface area contributed by atoms with Gasteiger partial charge in [0.2, 0.25) is 0 Å². The van der Waals surface area contributed by atoms with Gasteiger partial charge in [-0.05, 0) is 13.0 Å². The van der Waals surface area contributed by atoms with Crippen molar-refractivity contribution in [3.63, 3.8) is 0 Å². The van der Waals surface area contributed by atoms with Crippen LogP contribution in [0.25, 0.3) is 0 Å². The van der Waals surface area contributed by atoms with Crippen molar-refractivity contribution < 1.29 is 0 Å². The first-order chi connectivity index (χ1) is 4.22. The van der Waals surface area contributed by atoms with Crippen LogP contribution in [0, 0.1) is 0 Å². The second-order valence-corrected chi connectivity index (χ2v) is 2.23. The van der Waals surface area contributed by atoms with Crippen LogP contribution in [-0.4, -0.2) is 18.3 Å². The maximum absolute atomic E-state index is 5.61. The third-order valence-electron chi connectivity index (χ3n) is 1.49. The molecule has 0 fully saturated rings. The third kappa shape index (κ3) is 1.10. The molecule has 0 saturated heterocycles. The number of dihydropyridines is 1. The lowest BCUT2D eigenvalue weighted by Crippen LogP contribution is -2.38. The Morgan fingerprint density at radius 2 is 2.33 bits per heavy atom. The normalized spacial score (nSPS) is 34.2. The summed E-state index contributed by atoms with van der Waals surface area (Å²) in [5.41, 5.74) is 11.8. The van der Waals surface area contributed by atoms with Crippen LogP contribution in [0.2, 0.25) is 0 Å². The van der Waals surface area contributed by atoms with Gasteiger partial charge in [0.05, 0.1) is 12.1 Å². The number of hydrogen-bond donors (Lipinski definition) is 2. The number of allylic oxidation sites excluding steroid dienone is 1. The van der Waals surface area contributed by atoms with Crippen molar-refractivity contribution in [3.05, 3.63) is 11.8 Å². The molecule has 0 aromatic rings. The molecule has 0 aliphatic carbocycles. The maximum atomic E-state index is 5.61. The van der Waals surface area contributed by atoms with E-state index in [0.29, 0.717) is 0 Å². The van der Waals surface area contributed by atoms with E-state index >= 15 is 0 Å². The van der Waals surface area contributed by atoms with E-state index in [0.717, 1.165) is 5.70 Å². The van der Waals surface area contributed by atoms with E-state index in [-0.39, 0.29) is 12.1 Å².